The van der Waals surface area contributed by atoms with Crippen molar-refractivity contribution in [3.8, 4) is 17.2 Å². The molecular weight excluding hydrogens is 376 g/mol. The van der Waals surface area contributed by atoms with Crippen LogP contribution in [0, 0.1) is 0 Å². The van der Waals surface area contributed by atoms with Gasteiger partial charge in [0, 0.05) is 22.8 Å². The summed E-state index contributed by atoms with van der Waals surface area (Å²) in [4.78, 5) is 15.6. The molecule has 4 rings (SSSR count). The zero-order chi connectivity index (χ0) is 19.5. The van der Waals surface area contributed by atoms with Gasteiger partial charge in [0.2, 0.25) is 5.91 Å². The number of nitrogens with zero attached hydrogens (tertiary/aromatic N) is 2. The highest BCUT2D eigenvalue weighted by Crippen LogP contribution is 2.31. The minimum absolute atomic E-state index is 0.151. The van der Waals surface area contributed by atoms with E-state index in [1.165, 1.54) is 11.8 Å². The molecule has 0 saturated heterocycles. The van der Waals surface area contributed by atoms with Crippen LogP contribution in [0.4, 0.5) is 5.69 Å². The van der Waals surface area contributed by atoms with E-state index in [-0.39, 0.29) is 5.91 Å². The number of carbonyl (C=O) groups is 1. The second-order valence-electron chi connectivity index (χ2n) is 6.10. The molecule has 0 unspecified atom stereocenters. The van der Waals surface area contributed by atoms with Gasteiger partial charge in [0.1, 0.15) is 5.75 Å². The van der Waals surface area contributed by atoms with E-state index in [0.29, 0.717) is 16.8 Å². The second kappa shape index (κ2) is 7.77. The van der Waals surface area contributed by atoms with Gasteiger partial charge in [0.05, 0.1) is 17.9 Å². The van der Waals surface area contributed by atoms with Crippen molar-refractivity contribution in [3.63, 3.8) is 0 Å². The van der Waals surface area contributed by atoms with E-state index < -0.39 is 5.25 Å². The zero-order valence-corrected chi connectivity index (χ0v) is 16.1. The minimum atomic E-state index is -0.404. The van der Waals surface area contributed by atoms with Crippen molar-refractivity contribution in [2.24, 2.45) is 0 Å². The standard InChI is InChI=1S/C20H18N4O3S/c1-12(18(25)22-13-7-9-14(26-2)10-8-13)28-20-24-23-19(27-20)16-11-21-17-6-4-3-5-15(16)17/h3-12,21H,1-2H3,(H,22,25)/t12-/m0/s1. The third-order valence-electron chi connectivity index (χ3n) is 4.23. The summed E-state index contributed by atoms with van der Waals surface area (Å²) in [5, 5.41) is 12.0. The third-order valence-corrected chi connectivity index (χ3v) is 5.16. The monoisotopic (exact) mass is 394 g/mol. The van der Waals surface area contributed by atoms with Crippen LogP contribution in [0.15, 0.2) is 64.4 Å². The molecule has 28 heavy (non-hydrogen) atoms. The van der Waals surface area contributed by atoms with Gasteiger partial charge >= 0.3 is 0 Å². The number of hydrogen-bond donors (Lipinski definition) is 2. The maximum Gasteiger partial charge on any atom is 0.277 e. The molecule has 2 heterocycles. The number of methoxy groups -OCH3 is 1. The lowest BCUT2D eigenvalue weighted by Crippen LogP contribution is -2.22. The maximum atomic E-state index is 12.4. The highest BCUT2D eigenvalue weighted by Gasteiger charge is 2.20. The number of aromatic nitrogens is 3. The van der Waals surface area contributed by atoms with E-state index in [1.807, 2.05) is 30.5 Å². The molecule has 0 aliphatic heterocycles. The van der Waals surface area contributed by atoms with Gasteiger partial charge in [0.15, 0.2) is 0 Å². The number of carbonyl (C=O) groups excluding carboxylic acids is 1. The van der Waals surface area contributed by atoms with Crippen molar-refractivity contribution in [1.82, 2.24) is 15.2 Å². The summed E-state index contributed by atoms with van der Waals surface area (Å²) in [6, 6.07) is 15.0. The largest absolute Gasteiger partial charge is 0.497 e. The molecule has 7 nitrogen and oxygen atoms in total. The Kier molecular flexibility index (Phi) is 5.03. The van der Waals surface area contributed by atoms with Gasteiger partial charge in [-0.3, -0.25) is 4.79 Å². The fourth-order valence-corrected chi connectivity index (χ4v) is 3.42. The number of aromatic amines is 1. The Bertz CT molecular complexity index is 1100. The fraction of sp³-hybridized carbons (Fsp3) is 0.150. The quantitative estimate of drug-likeness (QED) is 0.473. The molecule has 0 saturated carbocycles. The van der Waals surface area contributed by atoms with Gasteiger partial charge in [-0.2, -0.15) is 0 Å². The molecule has 0 spiro atoms. The van der Waals surface area contributed by atoms with Gasteiger partial charge in [-0.15, -0.1) is 10.2 Å². The predicted molar refractivity (Wildman–Crippen MR) is 109 cm³/mol. The van der Waals surface area contributed by atoms with E-state index in [9.17, 15) is 4.79 Å². The number of rotatable bonds is 6. The Morgan fingerprint density at radius 1 is 1.18 bits per heavy atom. The van der Waals surface area contributed by atoms with Crippen LogP contribution < -0.4 is 10.1 Å². The summed E-state index contributed by atoms with van der Waals surface area (Å²) < 4.78 is 10.9. The number of H-pyrrole nitrogens is 1. The van der Waals surface area contributed by atoms with Crippen LogP contribution in [0.25, 0.3) is 22.4 Å². The molecule has 0 fully saturated rings. The van der Waals surface area contributed by atoms with Crippen molar-refractivity contribution in [2.45, 2.75) is 17.4 Å². The van der Waals surface area contributed by atoms with E-state index >= 15 is 0 Å². The summed E-state index contributed by atoms with van der Waals surface area (Å²) in [6.07, 6.45) is 1.84. The van der Waals surface area contributed by atoms with Crippen LogP contribution in [0.3, 0.4) is 0 Å². The first-order valence-electron chi connectivity index (χ1n) is 8.65. The van der Waals surface area contributed by atoms with Gasteiger partial charge in [-0.25, -0.2) is 0 Å². The molecule has 0 bridgehead atoms. The van der Waals surface area contributed by atoms with Gasteiger partial charge < -0.3 is 19.5 Å². The average Bonchev–Trinajstić information content (AvgIpc) is 3.35. The number of hydrogen-bond acceptors (Lipinski definition) is 6. The summed E-state index contributed by atoms with van der Waals surface area (Å²) in [5.41, 5.74) is 2.53. The Labute approximate surface area is 165 Å². The van der Waals surface area contributed by atoms with Gasteiger partial charge in [-0.05, 0) is 37.3 Å². The van der Waals surface area contributed by atoms with Crippen molar-refractivity contribution in [3.05, 3.63) is 54.7 Å². The maximum absolute atomic E-state index is 12.4. The number of nitrogens with one attached hydrogen (secondary N) is 2. The van der Waals surface area contributed by atoms with Crippen molar-refractivity contribution in [2.75, 3.05) is 12.4 Å². The summed E-state index contributed by atoms with van der Waals surface area (Å²) in [5.74, 6) is 1.00. The number of anilines is 1. The van der Waals surface area contributed by atoms with E-state index in [4.69, 9.17) is 9.15 Å². The molecule has 1 atom stereocenters. The second-order valence-corrected chi connectivity index (χ2v) is 7.39. The first kappa shape index (κ1) is 18.1. The molecule has 1 amide bonds. The van der Waals surface area contributed by atoms with Crippen molar-refractivity contribution in [1.29, 1.82) is 0 Å². The Morgan fingerprint density at radius 2 is 1.96 bits per heavy atom. The smallest absolute Gasteiger partial charge is 0.277 e. The van der Waals surface area contributed by atoms with E-state index in [1.54, 1.807) is 38.3 Å². The number of para-hydroxylation sites is 1. The highest BCUT2D eigenvalue weighted by atomic mass is 32.2. The van der Waals surface area contributed by atoms with Crippen LogP contribution in [0.2, 0.25) is 0 Å². The summed E-state index contributed by atoms with van der Waals surface area (Å²) in [6.45, 7) is 1.79. The highest BCUT2D eigenvalue weighted by molar-refractivity contribution is 8.00. The van der Waals surface area contributed by atoms with Crippen LogP contribution >= 0.6 is 11.8 Å². The molecule has 4 aromatic rings. The van der Waals surface area contributed by atoms with Crippen LogP contribution in [-0.2, 0) is 4.79 Å². The predicted octanol–water partition coefficient (Wildman–Crippen LogP) is 4.35. The van der Waals surface area contributed by atoms with Crippen LogP contribution in [0.1, 0.15) is 6.92 Å². The Balaban J connectivity index is 1.43. The van der Waals surface area contributed by atoms with Gasteiger partial charge in [-0.1, -0.05) is 30.0 Å². The molecule has 142 valence electrons. The minimum Gasteiger partial charge on any atom is -0.497 e. The van der Waals surface area contributed by atoms with E-state index in [0.717, 1.165) is 22.2 Å². The molecule has 0 aliphatic carbocycles. The topological polar surface area (TPSA) is 93.0 Å². The molecule has 2 aromatic carbocycles. The molecule has 2 aromatic heterocycles. The Hall–Kier alpha value is -3.26. The van der Waals surface area contributed by atoms with Crippen LogP contribution in [-0.4, -0.2) is 33.4 Å². The first-order chi connectivity index (χ1) is 13.6. The van der Waals surface area contributed by atoms with Crippen molar-refractivity contribution >= 4 is 34.3 Å². The molecule has 0 aliphatic rings. The Morgan fingerprint density at radius 3 is 2.75 bits per heavy atom. The first-order valence-corrected chi connectivity index (χ1v) is 9.53. The molecular formula is C20H18N4O3S. The number of fused-ring (bicyclic) bond motifs is 1. The van der Waals surface area contributed by atoms with Crippen molar-refractivity contribution < 1.29 is 13.9 Å². The molecule has 0 radical (unpaired) electrons. The summed E-state index contributed by atoms with van der Waals surface area (Å²) >= 11 is 1.21. The lowest BCUT2D eigenvalue weighted by Gasteiger charge is -2.10. The zero-order valence-electron chi connectivity index (χ0n) is 15.3. The number of benzene rings is 2. The van der Waals surface area contributed by atoms with Gasteiger partial charge in [0.25, 0.3) is 11.1 Å². The SMILES string of the molecule is COc1ccc(NC(=O)[C@H](C)Sc2nnc(-c3c[nH]c4ccccc34)o2)cc1. The molecule has 8 heteroatoms. The molecule has 2 N–H and O–H groups in total. The van der Waals surface area contributed by atoms with Crippen LogP contribution in [0.5, 0.6) is 5.75 Å². The fourth-order valence-electron chi connectivity index (χ4n) is 2.74. The number of thioether (sulfide) groups is 1. The number of ether oxygens (including phenoxy) is 1. The van der Waals surface area contributed by atoms with E-state index in [2.05, 4.69) is 20.5 Å². The average molecular weight is 394 g/mol. The third kappa shape index (κ3) is 3.72. The lowest BCUT2D eigenvalue weighted by atomic mass is 10.2. The number of amides is 1. The lowest BCUT2D eigenvalue weighted by molar-refractivity contribution is -0.115. The summed E-state index contributed by atoms with van der Waals surface area (Å²) in [7, 11) is 1.60. The normalized spacial score (nSPS) is 12.1.